The number of nitrogens with one attached hydrogen (secondary N) is 1. The number of imide groups is 2. The van der Waals surface area contributed by atoms with Crippen molar-refractivity contribution in [2.75, 3.05) is 19.1 Å². The molecule has 2 aliphatic carbocycles. The summed E-state index contributed by atoms with van der Waals surface area (Å²) in [6.07, 6.45) is 5.66. The van der Waals surface area contributed by atoms with Gasteiger partial charge in [-0.1, -0.05) is 77.9 Å². The minimum Gasteiger partial charge on any atom is -0.504 e. The average Bonchev–Trinajstić information content (AvgIpc) is 3.49. The fraction of sp³-hybridized carbons (Fsp3) is 0.308. The molecule has 50 heavy (non-hydrogen) atoms. The molecule has 0 radical (unpaired) electrons. The second-order valence-corrected chi connectivity index (χ2v) is 13.4. The number of carbonyl (C=O) groups excluding carboxylic acids is 4. The second-order valence-electron chi connectivity index (χ2n) is 13.4. The van der Waals surface area contributed by atoms with Crippen molar-refractivity contribution in [1.29, 1.82) is 0 Å². The lowest BCUT2D eigenvalue weighted by atomic mass is 9.50. The highest BCUT2D eigenvalue weighted by atomic mass is 16.5. The van der Waals surface area contributed by atoms with E-state index in [9.17, 15) is 29.4 Å². The number of benzene rings is 3. The normalized spacial score (nSPS) is 27.2. The summed E-state index contributed by atoms with van der Waals surface area (Å²) in [5.74, 6) is -6.26. The quantitative estimate of drug-likeness (QED) is 0.216. The van der Waals surface area contributed by atoms with Gasteiger partial charge in [-0.15, -0.1) is 0 Å². The third-order valence-electron chi connectivity index (χ3n) is 10.8. The van der Waals surface area contributed by atoms with Crippen LogP contribution in [0.25, 0.3) is 6.08 Å². The molecule has 2 heterocycles. The zero-order valence-electron chi connectivity index (χ0n) is 27.6. The summed E-state index contributed by atoms with van der Waals surface area (Å²) in [5, 5.41) is 20.6. The van der Waals surface area contributed by atoms with Gasteiger partial charge in [0.2, 0.25) is 11.8 Å². The molecule has 3 N–H and O–H groups in total. The Balaban J connectivity index is 1.39. The van der Waals surface area contributed by atoms with Gasteiger partial charge in [-0.2, -0.15) is 5.01 Å². The number of aliphatic carboxylic acids is 1. The first-order valence-electron chi connectivity index (χ1n) is 16.7. The number of hydrogen-bond acceptors (Lipinski definition) is 8. The van der Waals surface area contributed by atoms with Gasteiger partial charge in [0.15, 0.2) is 11.5 Å². The van der Waals surface area contributed by atoms with Gasteiger partial charge in [0, 0.05) is 12.5 Å². The number of carboxylic acids is 1. The predicted octanol–water partition coefficient (Wildman–Crippen LogP) is 4.71. The summed E-state index contributed by atoms with van der Waals surface area (Å²) in [6.45, 7) is 1.72. The highest BCUT2D eigenvalue weighted by molar-refractivity contribution is 6.13. The number of nitrogens with zero attached hydrogens (tertiary/aromatic N) is 2. The van der Waals surface area contributed by atoms with E-state index in [1.807, 2.05) is 67.6 Å². The molecule has 256 valence electrons. The Labute approximate surface area is 288 Å². The minimum atomic E-state index is -1.41. The summed E-state index contributed by atoms with van der Waals surface area (Å²) in [6, 6.07) is 21.4. The molecule has 3 fully saturated rings. The number of aromatic hydroxyl groups is 1. The van der Waals surface area contributed by atoms with Crippen molar-refractivity contribution in [3.05, 3.63) is 107 Å². The van der Waals surface area contributed by atoms with Gasteiger partial charge in [-0.3, -0.25) is 34.3 Å². The number of carboxylic acid groups (broad SMARTS) is 1. The van der Waals surface area contributed by atoms with Crippen LogP contribution in [0.3, 0.4) is 0 Å². The molecule has 7 rings (SSSR count). The first-order valence-corrected chi connectivity index (χ1v) is 16.7. The van der Waals surface area contributed by atoms with Crippen LogP contribution in [-0.4, -0.2) is 63.4 Å². The Kier molecular flexibility index (Phi) is 8.29. The number of phenolic OH excluding ortho intramolecular Hbond substituents is 1. The van der Waals surface area contributed by atoms with Gasteiger partial charge in [-0.25, -0.2) is 0 Å². The maximum absolute atomic E-state index is 15.1. The molecule has 2 aliphatic heterocycles. The molecule has 1 saturated carbocycles. The molecule has 11 nitrogen and oxygen atoms in total. The summed E-state index contributed by atoms with van der Waals surface area (Å²) in [5.41, 5.74) is 5.35. The van der Waals surface area contributed by atoms with Crippen molar-refractivity contribution in [3.63, 3.8) is 0 Å². The Hall–Kier alpha value is -5.71. The minimum absolute atomic E-state index is 0.0320. The number of hydrogen-bond donors (Lipinski definition) is 3. The van der Waals surface area contributed by atoms with E-state index >= 15 is 4.79 Å². The molecule has 6 atom stereocenters. The van der Waals surface area contributed by atoms with Crippen molar-refractivity contribution < 1.29 is 38.9 Å². The molecule has 4 aliphatic rings. The third kappa shape index (κ3) is 5.15. The Morgan fingerprint density at radius 1 is 0.980 bits per heavy atom. The number of fused-ring (bicyclic) bond motifs is 4. The summed E-state index contributed by atoms with van der Waals surface area (Å²) < 4.78 is 5.33. The van der Waals surface area contributed by atoms with Crippen LogP contribution in [-0.2, 0) is 29.4 Å². The Morgan fingerprint density at radius 2 is 1.72 bits per heavy atom. The summed E-state index contributed by atoms with van der Waals surface area (Å²) in [7, 11) is 1.45. The van der Waals surface area contributed by atoms with E-state index < -0.39 is 64.6 Å². The van der Waals surface area contributed by atoms with Gasteiger partial charge in [0.05, 0.1) is 42.4 Å². The maximum Gasteiger partial charge on any atom is 0.305 e. The fourth-order valence-electron chi connectivity index (χ4n) is 8.49. The van der Waals surface area contributed by atoms with E-state index in [2.05, 4.69) is 5.43 Å². The number of allylic oxidation sites excluding steroid dienone is 3. The smallest absolute Gasteiger partial charge is 0.305 e. The van der Waals surface area contributed by atoms with E-state index in [4.69, 9.17) is 4.74 Å². The molecular weight excluding hydrogens is 638 g/mol. The lowest BCUT2D eigenvalue weighted by Crippen LogP contribution is -2.54. The molecule has 0 aromatic heterocycles. The molecule has 0 spiro atoms. The largest absolute Gasteiger partial charge is 0.504 e. The van der Waals surface area contributed by atoms with Crippen LogP contribution in [0.15, 0.2) is 90.5 Å². The van der Waals surface area contributed by atoms with Crippen LogP contribution in [0.1, 0.15) is 36.0 Å². The monoisotopic (exact) mass is 675 g/mol. The number of aryl methyl sites for hydroxylation is 1. The lowest BCUT2D eigenvalue weighted by Gasteiger charge is -2.49. The number of rotatable bonds is 9. The zero-order valence-corrected chi connectivity index (χ0v) is 27.6. The molecule has 11 heteroatoms. The van der Waals surface area contributed by atoms with E-state index in [1.165, 1.54) is 13.2 Å². The molecule has 6 unspecified atom stereocenters. The highest BCUT2D eigenvalue weighted by Gasteiger charge is 2.69. The fourth-order valence-corrected chi connectivity index (χ4v) is 8.49. The number of phenols is 1. The average molecular weight is 676 g/mol. The van der Waals surface area contributed by atoms with Gasteiger partial charge in [0.25, 0.3) is 11.8 Å². The van der Waals surface area contributed by atoms with E-state index in [1.54, 1.807) is 24.3 Å². The van der Waals surface area contributed by atoms with Crippen molar-refractivity contribution in [2.45, 2.75) is 31.6 Å². The topological polar surface area (TPSA) is 154 Å². The first kappa shape index (κ1) is 32.8. The van der Waals surface area contributed by atoms with Gasteiger partial charge in [-0.05, 0) is 61.1 Å². The highest BCUT2D eigenvalue weighted by Crippen LogP contribution is 2.61. The van der Waals surface area contributed by atoms with Crippen molar-refractivity contribution in [2.24, 2.45) is 29.6 Å². The number of anilines is 1. The second kappa shape index (κ2) is 12.6. The lowest BCUT2D eigenvalue weighted by molar-refractivity contribution is -0.143. The van der Waals surface area contributed by atoms with Crippen LogP contribution >= 0.6 is 0 Å². The number of carbonyl (C=O) groups is 5. The Bertz CT molecular complexity index is 1960. The molecular formula is C39H37N3O8. The SMILES string of the molecule is COc1cc(C=CC2C3=CCC4C(=O)N(CCC(=O)O)C(=O)C4C3CC3C(=O)N(Nc4ccc(C)cc4)C(=O)C23c2ccccc2)ccc1O. The van der Waals surface area contributed by atoms with Gasteiger partial charge >= 0.3 is 5.97 Å². The number of amides is 4. The van der Waals surface area contributed by atoms with Crippen LogP contribution in [0.4, 0.5) is 5.69 Å². The van der Waals surface area contributed by atoms with Crippen molar-refractivity contribution in [3.8, 4) is 11.5 Å². The van der Waals surface area contributed by atoms with E-state index in [0.717, 1.165) is 21.0 Å². The first-order chi connectivity index (χ1) is 24.1. The molecule has 4 amide bonds. The van der Waals surface area contributed by atoms with Crippen LogP contribution < -0.4 is 10.2 Å². The number of ether oxygens (including phenoxy) is 1. The number of methoxy groups -OCH3 is 1. The molecule has 3 aromatic carbocycles. The van der Waals surface area contributed by atoms with Crippen LogP contribution in [0, 0.1) is 36.5 Å². The van der Waals surface area contributed by atoms with E-state index in [-0.39, 0.29) is 37.3 Å². The Morgan fingerprint density at radius 3 is 2.42 bits per heavy atom. The molecule has 0 bridgehead atoms. The predicted molar refractivity (Wildman–Crippen MR) is 182 cm³/mol. The standard InChI is InChI=1S/C39H37N3O8/c1-22-8-12-25(13-9-22)40-42-36(47)30-21-28-26(14-15-27-34(28)37(48)41(35(27)46)19-18-33(44)45)29(16-10-23-11-17-31(43)32(20-23)50-2)39(30,38(42)49)24-6-4-3-5-7-24/h3-14,16-17,20,27-30,34,40,43H,15,18-19,21H2,1-2H3,(H,44,45). The summed E-state index contributed by atoms with van der Waals surface area (Å²) in [4.78, 5) is 69.6. The van der Waals surface area contributed by atoms with Gasteiger partial charge < -0.3 is 14.9 Å². The van der Waals surface area contributed by atoms with Crippen molar-refractivity contribution >= 4 is 41.4 Å². The molecule has 3 aromatic rings. The van der Waals surface area contributed by atoms with Crippen molar-refractivity contribution in [1.82, 2.24) is 9.91 Å². The van der Waals surface area contributed by atoms with Gasteiger partial charge in [0.1, 0.15) is 0 Å². The van der Waals surface area contributed by atoms with Crippen LogP contribution in [0.2, 0.25) is 0 Å². The molecule has 2 saturated heterocycles. The van der Waals surface area contributed by atoms with Crippen LogP contribution in [0.5, 0.6) is 11.5 Å². The zero-order chi connectivity index (χ0) is 35.3. The van der Waals surface area contributed by atoms with E-state index in [0.29, 0.717) is 16.8 Å². The maximum atomic E-state index is 15.1. The number of hydrazine groups is 1. The number of likely N-dealkylation sites (tertiary alicyclic amines) is 1. The third-order valence-corrected chi connectivity index (χ3v) is 10.8. The summed E-state index contributed by atoms with van der Waals surface area (Å²) >= 11 is 0.